The van der Waals surface area contributed by atoms with Gasteiger partial charge in [-0.15, -0.1) is 0 Å². The van der Waals surface area contributed by atoms with Crippen LogP contribution in [-0.4, -0.2) is 34.8 Å². The van der Waals surface area contributed by atoms with Gasteiger partial charge in [-0.05, 0) is 45.7 Å². The van der Waals surface area contributed by atoms with Gasteiger partial charge in [-0.3, -0.25) is 0 Å². The van der Waals surface area contributed by atoms with E-state index in [9.17, 15) is 4.79 Å². The molecular formula is C18H25NO3. The molecule has 120 valence electrons. The fourth-order valence-corrected chi connectivity index (χ4v) is 3.53. The Morgan fingerprint density at radius 1 is 1.09 bits per heavy atom. The molecule has 22 heavy (non-hydrogen) atoms. The first-order chi connectivity index (χ1) is 10.4. The number of hydrogen-bond acceptors (Lipinski definition) is 3. The minimum absolute atomic E-state index is 0.168. The third kappa shape index (κ3) is 3.37. The number of carbonyl (C=O) groups excluding carboxylic acids is 1. The van der Waals surface area contributed by atoms with Crippen LogP contribution in [0.3, 0.4) is 0 Å². The fraction of sp³-hybridized carbons (Fsp3) is 0.611. The van der Waals surface area contributed by atoms with Crippen LogP contribution in [0.25, 0.3) is 0 Å². The van der Waals surface area contributed by atoms with E-state index >= 15 is 0 Å². The summed E-state index contributed by atoms with van der Waals surface area (Å²) in [5, 5.41) is 0. The molecular weight excluding hydrogens is 278 g/mol. The first-order valence-electron chi connectivity index (χ1n) is 8.15. The van der Waals surface area contributed by atoms with Crippen molar-refractivity contribution in [3.05, 3.63) is 30.3 Å². The van der Waals surface area contributed by atoms with Gasteiger partial charge in [-0.25, -0.2) is 4.79 Å². The SMILES string of the molecule is CC(C)(C)OC(=O)N1[C@@H]2CC[C@H]1C[C@H](Oc1ccccc1)C2. The van der Waals surface area contributed by atoms with Crippen LogP contribution in [0.15, 0.2) is 30.3 Å². The van der Waals surface area contributed by atoms with E-state index in [0.717, 1.165) is 31.4 Å². The van der Waals surface area contributed by atoms with Crippen molar-refractivity contribution in [3.63, 3.8) is 0 Å². The molecule has 0 aromatic heterocycles. The number of benzene rings is 1. The molecule has 2 aliphatic heterocycles. The lowest BCUT2D eigenvalue weighted by Crippen LogP contribution is -2.50. The average molecular weight is 303 g/mol. The summed E-state index contributed by atoms with van der Waals surface area (Å²) in [6.45, 7) is 5.74. The lowest BCUT2D eigenvalue weighted by Gasteiger charge is -2.39. The van der Waals surface area contributed by atoms with Crippen LogP contribution in [0.4, 0.5) is 4.79 Å². The molecule has 2 fully saturated rings. The molecule has 4 nitrogen and oxygen atoms in total. The number of amides is 1. The highest BCUT2D eigenvalue weighted by Gasteiger charge is 2.45. The highest BCUT2D eigenvalue weighted by atomic mass is 16.6. The molecule has 0 saturated carbocycles. The maximum Gasteiger partial charge on any atom is 0.410 e. The fourth-order valence-electron chi connectivity index (χ4n) is 3.53. The van der Waals surface area contributed by atoms with Crippen molar-refractivity contribution in [3.8, 4) is 5.75 Å². The Bertz CT molecular complexity index is 509. The van der Waals surface area contributed by atoms with Crippen LogP contribution in [0.2, 0.25) is 0 Å². The van der Waals surface area contributed by atoms with Crippen molar-refractivity contribution >= 4 is 6.09 Å². The molecule has 4 heteroatoms. The number of ether oxygens (including phenoxy) is 2. The number of fused-ring (bicyclic) bond motifs is 2. The lowest BCUT2D eigenvalue weighted by molar-refractivity contribution is -0.00707. The zero-order chi connectivity index (χ0) is 15.7. The van der Waals surface area contributed by atoms with Crippen molar-refractivity contribution in [2.75, 3.05) is 0 Å². The van der Waals surface area contributed by atoms with Crippen LogP contribution in [0.1, 0.15) is 46.5 Å². The Labute approximate surface area is 132 Å². The van der Waals surface area contributed by atoms with E-state index in [0.29, 0.717) is 0 Å². The monoisotopic (exact) mass is 303 g/mol. The average Bonchev–Trinajstić information content (AvgIpc) is 2.70. The van der Waals surface area contributed by atoms with Crippen LogP contribution in [0, 0.1) is 0 Å². The minimum Gasteiger partial charge on any atom is -0.490 e. The topological polar surface area (TPSA) is 38.8 Å². The van der Waals surface area contributed by atoms with Crippen molar-refractivity contribution < 1.29 is 14.3 Å². The van der Waals surface area contributed by atoms with Gasteiger partial charge in [0.1, 0.15) is 17.5 Å². The molecule has 0 spiro atoms. The zero-order valence-corrected chi connectivity index (χ0v) is 13.6. The zero-order valence-electron chi connectivity index (χ0n) is 13.6. The first-order valence-corrected chi connectivity index (χ1v) is 8.15. The van der Waals surface area contributed by atoms with E-state index in [-0.39, 0.29) is 24.3 Å². The van der Waals surface area contributed by atoms with Crippen molar-refractivity contribution in [2.45, 2.75) is 70.2 Å². The molecule has 3 atom stereocenters. The summed E-state index contributed by atoms with van der Waals surface area (Å²) in [4.78, 5) is 14.4. The molecule has 0 aliphatic carbocycles. The molecule has 1 amide bonds. The maximum atomic E-state index is 12.4. The lowest BCUT2D eigenvalue weighted by atomic mass is 10.00. The molecule has 0 N–H and O–H groups in total. The number of piperidine rings is 1. The Balaban J connectivity index is 1.63. The van der Waals surface area contributed by atoms with Gasteiger partial charge in [-0.1, -0.05) is 18.2 Å². The summed E-state index contributed by atoms with van der Waals surface area (Å²) in [5.41, 5.74) is -0.437. The smallest absolute Gasteiger partial charge is 0.410 e. The summed E-state index contributed by atoms with van der Waals surface area (Å²) < 4.78 is 11.6. The molecule has 3 rings (SSSR count). The summed E-state index contributed by atoms with van der Waals surface area (Å²) in [7, 11) is 0. The quantitative estimate of drug-likeness (QED) is 0.829. The number of carbonyl (C=O) groups is 1. The standard InChI is InChI=1S/C18H25NO3/c1-18(2,3)22-17(20)19-13-9-10-14(19)12-16(11-13)21-15-7-5-4-6-8-15/h4-8,13-14,16H,9-12H2,1-3H3/t13-,14+,16-. The van der Waals surface area contributed by atoms with E-state index in [1.165, 1.54) is 0 Å². The molecule has 2 bridgehead atoms. The van der Waals surface area contributed by atoms with E-state index < -0.39 is 5.60 Å². The molecule has 0 radical (unpaired) electrons. The van der Waals surface area contributed by atoms with Gasteiger partial charge in [0.05, 0.1) is 0 Å². The number of rotatable bonds is 2. The van der Waals surface area contributed by atoms with Gasteiger partial charge in [0.25, 0.3) is 0 Å². The number of nitrogens with zero attached hydrogens (tertiary/aromatic N) is 1. The van der Waals surface area contributed by atoms with Gasteiger partial charge in [0.15, 0.2) is 0 Å². The summed E-state index contributed by atoms with van der Waals surface area (Å²) in [5.74, 6) is 0.914. The normalized spacial score (nSPS) is 27.6. The molecule has 2 aliphatic rings. The highest BCUT2D eigenvalue weighted by molar-refractivity contribution is 5.69. The maximum absolute atomic E-state index is 12.4. The van der Waals surface area contributed by atoms with Gasteiger partial charge in [0, 0.05) is 24.9 Å². The van der Waals surface area contributed by atoms with Gasteiger partial charge in [-0.2, -0.15) is 0 Å². The van der Waals surface area contributed by atoms with Crippen molar-refractivity contribution in [1.29, 1.82) is 0 Å². The third-order valence-corrected chi connectivity index (χ3v) is 4.34. The second-order valence-corrected chi connectivity index (χ2v) is 7.30. The van der Waals surface area contributed by atoms with Crippen LogP contribution in [-0.2, 0) is 4.74 Å². The molecule has 2 heterocycles. The second kappa shape index (κ2) is 5.82. The second-order valence-electron chi connectivity index (χ2n) is 7.30. The van der Waals surface area contributed by atoms with E-state index in [1.54, 1.807) is 0 Å². The Kier molecular flexibility index (Phi) is 4.02. The molecule has 0 unspecified atom stereocenters. The molecule has 1 aromatic carbocycles. The predicted molar refractivity (Wildman–Crippen MR) is 85.0 cm³/mol. The minimum atomic E-state index is -0.437. The first kappa shape index (κ1) is 15.2. The van der Waals surface area contributed by atoms with Crippen molar-refractivity contribution in [2.24, 2.45) is 0 Å². The Morgan fingerprint density at radius 2 is 1.68 bits per heavy atom. The van der Waals surface area contributed by atoms with Gasteiger partial charge >= 0.3 is 6.09 Å². The largest absolute Gasteiger partial charge is 0.490 e. The Hall–Kier alpha value is -1.71. The predicted octanol–water partition coefficient (Wildman–Crippen LogP) is 4.00. The van der Waals surface area contributed by atoms with E-state index in [1.807, 2.05) is 56.0 Å². The summed E-state index contributed by atoms with van der Waals surface area (Å²) in [6.07, 6.45) is 3.92. The summed E-state index contributed by atoms with van der Waals surface area (Å²) >= 11 is 0. The summed E-state index contributed by atoms with van der Waals surface area (Å²) in [6, 6.07) is 10.4. The van der Waals surface area contributed by atoms with Gasteiger partial charge in [0.2, 0.25) is 0 Å². The van der Waals surface area contributed by atoms with Gasteiger partial charge < -0.3 is 14.4 Å². The van der Waals surface area contributed by atoms with Crippen LogP contribution < -0.4 is 4.74 Å². The number of para-hydroxylation sites is 1. The van der Waals surface area contributed by atoms with Crippen LogP contribution in [0.5, 0.6) is 5.75 Å². The molecule has 2 saturated heterocycles. The Morgan fingerprint density at radius 3 is 2.23 bits per heavy atom. The number of hydrogen-bond donors (Lipinski definition) is 0. The third-order valence-electron chi connectivity index (χ3n) is 4.34. The highest BCUT2D eigenvalue weighted by Crippen LogP contribution is 2.38. The molecule has 1 aromatic rings. The van der Waals surface area contributed by atoms with Crippen molar-refractivity contribution in [1.82, 2.24) is 4.90 Å². The van der Waals surface area contributed by atoms with E-state index in [2.05, 4.69) is 0 Å². The van der Waals surface area contributed by atoms with Crippen LogP contribution >= 0.6 is 0 Å². The van der Waals surface area contributed by atoms with E-state index in [4.69, 9.17) is 9.47 Å².